The molecule has 1 amide bonds. The van der Waals surface area contributed by atoms with Crippen LogP contribution in [-0.4, -0.2) is 62.0 Å². The molecule has 0 saturated carbocycles. The van der Waals surface area contributed by atoms with E-state index in [9.17, 15) is 13.6 Å². The molecular weight excluding hydrogens is 278 g/mol. The first-order chi connectivity index (χ1) is 9.99. The maximum absolute atomic E-state index is 13.7. The normalized spacial score (nSPS) is 16.9. The van der Waals surface area contributed by atoms with E-state index in [2.05, 4.69) is 22.2 Å². The van der Waals surface area contributed by atoms with Crippen LogP contribution in [0, 0.1) is 11.6 Å². The summed E-state index contributed by atoms with van der Waals surface area (Å²) in [6.45, 7) is 4.81. The van der Waals surface area contributed by atoms with Gasteiger partial charge in [-0.1, -0.05) is 0 Å². The highest BCUT2D eigenvalue weighted by molar-refractivity contribution is 5.95. The fourth-order valence-corrected chi connectivity index (χ4v) is 2.26. The van der Waals surface area contributed by atoms with Crippen LogP contribution in [0.25, 0.3) is 0 Å². The van der Waals surface area contributed by atoms with Crippen molar-refractivity contribution in [1.29, 1.82) is 0 Å². The van der Waals surface area contributed by atoms with E-state index in [-0.39, 0.29) is 5.69 Å². The summed E-state index contributed by atoms with van der Waals surface area (Å²) in [6, 6.07) is 2.10. The zero-order valence-corrected chi connectivity index (χ0v) is 12.0. The van der Waals surface area contributed by atoms with E-state index in [1.54, 1.807) is 0 Å². The summed E-state index contributed by atoms with van der Waals surface area (Å²) in [5.41, 5.74) is 4.50. The maximum atomic E-state index is 13.7. The van der Waals surface area contributed by atoms with E-state index in [0.717, 1.165) is 38.3 Å². The average molecular weight is 298 g/mol. The molecule has 0 radical (unpaired) electrons. The number of halogens is 2. The number of hydrogen-bond donors (Lipinski definition) is 2. The molecule has 1 heterocycles. The van der Waals surface area contributed by atoms with Crippen molar-refractivity contribution in [2.45, 2.75) is 0 Å². The Kier molecular flexibility index (Phi) is 5.08. The Hall–Kier alpha value is -1.73. The van der Waals surface area contributed by atoms with Gasteiger partial charge < -0.3 is 16.0 Å². The predicted molar refractivity (Wildman–Crippen MR) is 77.0 cm³/mol. The van der Waals surface area contributed by atoms with Crippen LogP contribution in [0.5, 0.6) is 0 Å². The van der Waals surface area contributed by atoms with Gasteiger partial charge in [0.2, 0.25) is 0 Å². The number of nitrogen functional groups attached to an aromatic ring is 1. The number of nitrogens with one attached hydrogen (secondary N) is 1. The summed E-state index contributed by atoms with van der Waals surface area (Å²) < 4.78 is 27.2. The van der Waals surface area contributed by atoms with Crippen molar-refractivity contribution in [3.8, 4) is 0 Å². The van der Waals surface area contributed by atoms with E-state index in [1.165, 1.54) is 0 Å². The molecule has 0 bridgehead atoms. The second-order valence-corrected chi connectivity index (χ2v) is 5.23. The molecule has 1 aliphatic heterocycles. The zero-order valence-electron chi connectivity index (χ0n) is 12.0. The molecular formula is C14H20F2N4O. The molecule has 1 saturated heterocycles. The lowest BCUT2D eigenvalue weighted by molar-refractivity contribution is 0.0933. The minimum Gasteiger partial charge on any atom is -0.396 e. The highest BCUT2D eigenvalue weighted by Gasteiger charge is 2.20. The minimum atomic E-state index is -1.01. The molecule has 5 nitrogen and oxygen atoms in total. The molecule has 116 valence electrons. The summed E-state index contributed by atoms with van der Waals surface area (Å²) in [5.74, 6) is -2.68. The third-order valence-corrected chi connectivity index (χ3v) is 3.66. The quantitative estimate of drug-likeness (QED) is 0.796. The number of nitrogens with zero attached hydrogens (tertiary/aromatic N) is 2. The van der Waals surface area contributed by atoms with Crippen LogP contribution in [0.15, 0.2) is 12.1 Å². The van der Waals surface area contributed by atoms with Crippen LogP contribution in [0.2, 0.25) is 0 Å². The van der Waals surface area contributed by atoms with Gasteiger partial charge in [0, 0.05) is 39.3 Å². The maximum Gasteiger partial charge on any atom is 0.257 e. The molecule has 3 N–H and O–H groups in total. The summed E-state index contributed by atoms with van der Waals surface area (Å²) in [6.07, 6.45) is 0. The standard InChI is InChI=1S/C14H20F2N4O/c1-19-6-8-20(9-7-19)5-4-18-14(21)12-10(15)2-3-11(17)13(12)16/h2-3H,4-9,17H2,1H3,(H,18,21). The van der Waals surface area contributed by atoms with Gasteiger partial charge in [-0.15, -0.1) is 0 Å². The Morgan fingerprint density at radius 2 is 1.95 bits per heavy atom. The second kappa shape index (κ2) is 6.82. The number of benzene rings is 1. The second-order valence-electron chi connectivity index (χ2n) is 5.23. The number of nitrogens with two attached hydrogens (primary N) is 1. The zero-order chi connectivity index (χ0) is 15.4. The summed E-state index contributed by atoms with van der Waals surface area (Å²) in [7, 11) is 2.06. The molecule has 1 fully saturated rings. The molecule has 0 aliphatic carbocycles. The molecule has 1 aliphatic rings. The number of anilines is 1. The first-order valence-corrected chi connectivity index (χ1v) is 6.91. The van der Waals surface area contributed by atoms with Crippen molar-refractivity contribution in [3.63, 3.8) is 0 Å². The highest BCUT2D eigenvalue weighted by atomic mass is 19.1. The van der Waals surface area contributed by atoms with E-state index in [1.807, 2.05) is 0 Å². The first kappa shape index (κ1) is 15.7. The van der Waals surface area contributed by atoms with Crippen LogP contribution in [0.1, 0.15) is 10.4 Å². The number of piperazine rings is 1. The van der Waals surface area contributed by atoms with Crippen LogP contribution >= 0.6 is 0 Å². The Morgan fingerprint density at radius 1 is 1.29 bits per heavy atom. The molecule has 21 heavy (non-hydrogen) atoms. The van der Waals surface area contributed by atoms with Crippen LogP contribution in [0.4, 0.5) is 14.5 Å². The first-order valence-electron chi connectivity index (χ1n) is 6.91. The lowest BCUT2D eigenvalue weighted by Crippen LogP contribution is -2.47. The van der Waals surface area contributed by atoms with Gasteiger partial charge in [0.05, 0.1) is 5.69 Å². The number of amides is 1. The molecule has 1 aromatic carbocycles. The Labute approximate surface area is 122 Å². The van der Waals surface area contributed by atoms with Gasteiger partial charge in [0.15, 0.2) is 5.82 Å². The Morgan fingerprint density at radius 3 is 2.62 bits per heavy atom. The Balaban J connectivity index is 1.86. The van der Waals surface area contributed by atoms with Crippen molar-refractivity contribution in [1.82, 2.24) is 15.1 Å². The van der Waals surface area contributed by atoms with Gasteiger partial charge >= 0.3 is 0 Å². The number of carbonyl (C=O) groups excluding carboxylic acids is 1. The average Bonchev–Trinajstić information content (AvgIpc) is 2.45. The highest BCUT2D eigenvalue weighted by Crippen LogP contribution is 2.18. The SMILES string of the molecule is CN1CCN(CCNC(=O)c2c(F)ccc(N)c2F)CC1. The molecule has 7 heteroatoms. The van der Waals surface area contributed by atoms with Gasteiger partial charge in [0.1, 0.15) is 11.4 Å². The van der Waals surface area contributed by atoms with Crippen molar-refractivity contribution in [3.05, 3.63) is 29.3 Å². The number of rotatable bonds is 4. The van der Waals surface area contributed by atoms with E-state index in [4.69, 9.17) is 5.73 Å². The van der Waals surface area contributed by atoms with E-state index < -0.39 is 23.1 Å². The van der Waals surface area contributed by atoms with Crippen LogP contribution < -0.4 is 11.1 Å². The number of likely N-dealkylation sites (N-methyl/N-ethyl adjacent to an activating group) is 1. The third-order valence-electron chi connectivity index (χ3n) is 3.66. The van der Waals surface area contributed by atoms with E-state index in [0.29, 0.717) is 13.1 Å². The fraction of sp³-hybridized carbons (Fsp3) is 0.500. The summed E-state index contributed by atoms with van der Waals surface area (Å²) in [5, 5.41) is 2.54. The van der Waals surface area contributed by atoms with Gasteiger partial charge in [-0.05, 0) is 19.2 Å². The number of hydrogen-bond acceptors (Lipinski definition) is 4. The molecule has 0 spiro atoms. The monoisotopic (exact) mass is 298 g/mol. The van der Waals surface area contributed by atoms with Crippen molar-refractivity contribution in [2.24, 2.45) is 0 Å². The third kappa shape index (κ3) is 3.89. The Bertz CT molecular complexity index is 516. The topological polar surface area (TPSA) is 61.6 Å². The lowest BCUT2D eigenvalue weighted by Gasteiger charge is -2.32. The molecule has 0 atom stereocenters. The predicted octanol–water partition coefficient (Wildman–Crippen LogP) is 0.524. The summed E-state index contributed by atoms with van der Waals surface area (Å²) in [4.78, 5) is 16.3. The van der Waals surface area contributed by atoms with Gasteiger partial charge in [-0.3, -0.25) is 9.69 Å². The van der Waals surface area contributed by atoms with Crippen molar-refractivity contribution in [2.75, 3.05) is 52.0 Å². The minimum absolute atomic E-state index is 0.236. The van der Waals surface area contributed by atoms with E-state index >= 15 is 0 Å². The lowest BCUT2D eigenvalue weighted by atomic mass is 10.1. The van der Waals surface area contributed by atoms with Gasteiger partial charge in [-0.2, -0.15) is 0 Å². The fourth-order valence-electron chi connectivity index (χ4n) is 2.26. The van der Waals surface area contributed by atoms with Gasteiger partial charge in [-0.25, -0.2) is 8.78 Å². The molecule has 1 aromatic rings. The molecule has 2 rings (SSSR count). The van der Waals surface area contributed by atoms with Crippen LogP contribution in [0.3, 0.4) is 0 Å². The van der Waals surface area contributed by atoms with Gasteiger partial charge in [0.25, 0.3) is 5.91 Å². The van der Waals surface area contributed by atoms with Crippen molar-refractivity contribution >= 4 is 11.6 Å². The number of carbonyl (C=O) groups is 1. The molecule has 0 aromatic heterocycles. The van der Waals surface area contributed by atoms with Crippen LogP contribution in [-0.2, 0) is 0 Å². The summed E-state index contributed by atoms with van der Waals surface area (Å²) >= 11 is 0. The molecule has 0 unspecified atom stereocenters. The van der Waals surface area contributed by atoms with Crippen molar-refractivity contribution < 1.29 is 13.6 Å². The largest absolute Gasteiger partial charge is 0.396 e. The smallest absolute Gasteiger partial charge is 0.257 e.